The number of hydrogen-bond acceptors (Lipinski definition) is 3. The third-order valence-corrected chi connectivity index (χ3v) is 2.95. The zero-order valence-corrected chi connectivity index (χ0v) is 9.21. The highest BCUT2D eigenvalue weighted by Crippen LogP contribution is 2.29. The van der Waals surface area contributed by atoms with E-state index in [4.69, 9.17) is 23.8 Å². The van der Waals surface area contributed by atoms with Gasteiger partial charge >= 0.3 is 5.97 Å². The largest absolute Gasteiger partial charge is 0.465 e. The highest BCUT2D eigenvalue weighted by molar-refractivity contribution is 7.81. The number of carbonyl (C=O) groups excluding carboxylic acids is 1. The number of alkyl halides is 1. The molecule has 2 nitrogen and oxygen atoms in total. The molecule has 14 heavy (non-hydrogen) atoms. The Balaban J connectivity index is 3.15. The van der Waals surface area contributed by atoms with Crippen LogP contribution in [0.4, 0.5) is 4.39 Å². The number of esters is 1. The van der Waals surface area contributed by atoms with Crippen molar-refractivity contribution in [2.45, 2.75) is 12.3 Å². The van der Waals surface area contributed by atoms with Crippen molar-refractivity contribution in [3.05, 3.63) is 23.0 Å². The maximum Gasteiger partial charge on any atom is 0.340 e. The summed E-state index contributed by atoms with van der Waals surface area (Å²) in [6, 6.07) is 0. The van der Waals surface area contributed by atoms with Crippen LogP contribution in [0.2, 0.25) is 0 Å². The van der Waals surface area contributed by atoms with Crippen molar-refractivity contribution < 1.29 is 13.9 Å². The van der Waals surface area contributed by atoms with E-state index < -0.39 is 17.2 Å². The summed E-state index contributed by atoms with van der Waals surface area (Å²) in [7, 11) is 1.18. The Bertz CT molecular complexity index is 358. The maximum absolute atomic E-state index is 13.5. The van der Waals surface area contributed by atoms with Crippen LogP contribution in [0.1, 0.15) is 6.92 Å². The van der Waals surface area contributed by atoms with Crippen LogP contribution >= 0.6 is 23.8 Å². The average molecular weight is 235 g/mol. The number of thiocarbonyl (C=S) groups is 1. The zero-order chi connectivity index (χ0) is 10.9. The van der Waals surface area contributed by atoms with Gasteiger partial charge in [-0.2, -0.15) is 0 Å². The van der Waals surface area contributed by atoms with Crippen LogP contribution in [-0.2, 0) is 9.53 Å². The molecule has 0 aromatic carbocycles. The molecule has 0 bridgehead atoms. The molecule has 0 fully saturated rings. The SMILES string of the molecule is COC(=O)C1=CC(=S)C(Cl)C(C)=C1F. The lowest BCUT2D eigenvalue weighted by atomic mass is 9.99. The monoisotopic (exact) mass is 234 g/mol. The summed E-state index contributed by atoms with van der Waals surface area (Å²) in [5, 5.41) is -0.654. The van der Waals surface area contributed by atoms with Gasteiger partial charge in [0.2, 0.25) is 0 Å². The molecule has 1 atom stereocenters. The molecule has 0 saturated carbocycles. The number of ether oxygens (including phenoxy) is 1. The highest BCUT2D eigenvalue weighted by Gasteiger charge is 2.28. The fourth-order valence-corrected chi connectivity index (χ4v) is 1.53. The molecule has 1 aliphatic carbocycles. The summed E-state index contributed by atoms with van der Waals surface area (Å²) in [6.07, 6.45) is 1.24. The van der Waals surface area contributed by atoms with Gasteiger partial charge in [-0.3, -0.25) is 0 Å². The van der Waals surface area contributed by atoms with Crippen LogP contribution in [0, 0.1) is 0 Å². The fourth-order valence-electron chi connectivity index (χ4n) is 1.07. The van der Waals surface area contributed by atoms with Crippen LogP contribution in [0.15, 0.2) is 23.0 Å². The minimum atomic E-state index is -0.743. The molecule has 0 spiro atoms. The second kappa shape index (κ2) is 4.19. The molecule has 1 aliphatic rings. The highest BCUT2D eigenvalue weighted by atomic mass is 35.5. The van der Waals surface area contributed by atoms with Crippen molar-refractivity contribution in [1.29, 1.82) is 0 Å². The van der Waals surface area contributed by atoms with Gasteiger partial charge < -0.3 is 4.74 Å². The number of allylic oxidation sites excluding steroid dienone is 2. The van der Waals surface area contributed by atoms with E-state index in [0.29, 0.717) is 4.86 Å². The minimum absolute atomic E-state index is 0.160. The third kappa shape index (κ3) is 1.86. The van der Waals surface area contributed by atoms with E-state index in [0.717, 1.165) is 0 Å². The predicted octanol–water partition coefficient (Wildman–Crippen LogP) is 2.32. The molecule has 1 rings (SSSR count). The molecule has 5 heteroatoms. The molecule has 0 radical (unpaired) electrons. The Kier molecular flexibility index (Phi) is 3.39. The van der Waals surface area contributed by atoms with Gasteiger partial charge in [0.05, 0.1) is 18.1 Å². The first-order chi connectivity index (χ1) is 6.49. The van der Waals surface area contributed by atoms with Gasteiger partial charge in [0.25, 0.3) is 0 Å². The number of carbonyl (C=O) groups is 1. The molecule has 76 valence electrons. The lowest BCUT2D eigenvalue weighted by Crippen LogP contribution is -2.21. The summed E-state index contributed by atoms with van der Waals surface area (Å²) >= 11 is 10.7. The van der Waals surface area contributed by atoms with Crippen molar-refractivity contribution in [3.8, 4) is 0 Å². The van der Waals surface area contributed by atoms with Crippen molar-refractivity contribution in [2.75, 3.05) is 7.11 Å². The van der Waals surface area contributed by atoms with Gasteiger partial charge in [-0.05, 0) is 18.6 Å². The Morgan fingerprint density at radius 3 is 2.79 bits per heavy atom. The van der Waals surface area contributed by atoms with Gasteiger partial charge in [-0.25, -0.2) is 9.18 Å². The van der Waals surface area contributed by atoms with Gasteiger partial charge in [0, 0.05) is 4.86 Å². The summed E-state index contributed by atoms with van der Waals surface area (Å²) in [5.74, 6) is -1.39. The first kappa shape index (κ1) is 11.3. The topological polar surface area (TPSA) is 26.3 Å². The molecule has 0 heterocycles. The van der Waals surface area contributed by atoms with Crippen molar-refractivity contribution in [2.24, 2.45) is 0 Å². The summed E-state index contributed by atoms with van der Waals surface area (Å²) in [6.45, 7) is 1.50. The normalized spacial score (nSPS) is 22.1. The summed E-state index contributed by atoms with van der Waals surface area (Å²) in [4.78, 5) is 11.4. The Hall–Kier alpha value is -0.740. The van der Waals surface area contributed by atoms with E-state index in [2.05, 4.69) is 4.74 Å². The summed E-state index contributed by atoms with van der Waals surface area (Å²) < 4.78 is 17.9. The lowest BCUT2D eigenvalue weighted by Gasteiger charge is -2.17. The van der Waals surface area contributed by atoms with Crippen LogP contribution in [0.3, 0.4) is 0 Å². The predicted molar refractivity (Wildman–Crippen MR) is 56.1 cm³/mol. The maximum atomic E-state index is 13.5. The quantitative estimate of drug-likeness (QED) is 0.396. The molecule has 1 unspecified atom stereocenters. The standard InChI is InChI=1S/C9H8ClFO2S/c1-4-7(10)6(14)3-5(8(4)11)9(12)13-2/h3,7H,1-2H3. The van der Waals surface area contributed by atoms with Crippen molar-refractivity contribution in [3.63, 3.8) is 0 Å². The third-order valence-electron chi connectivity index (χ3n) is 1.90. The van der Waals surface area contributed by atoms with Gasteiger partial charge in [0.15, 0.2) is 0 Å². The number of hydrogen-bond donors (Lipinski definition) is 0. The number of halogens is 2. The first-order valence-electron chi connectivity index (χ1n) is 3.83. The fraction of sp³-hybridized carbons (Fsp3) is 0.333. The number of methoxy groups -OCH3 is 1. The van der Waals surface area contributed by atoms with E-state index in [1.54, 1.807) is 0 Å². The van der Waals surface area contributed by atoms with E-state index >= 15 is 0 Å². The van der Waals surface area contributed by atoms with Gasteiger partial charge in [-0.1, -0.05) is 12.2 Å². The molecular formula is C9H8ClFO2S. The van der Waals surface area contributed by atoms with Gasteiger partial charge in [-0.15, -0.1) is 11.6 Å². The second-order valence-electron chi connectivity index (χ2n) is 2.81. The Morgan fingerprint density at radius 2 is 2.29 bits per heavy atom. The molecule has 0 aromatic heterocycles. The van der Waals surface area contributed by atoms with Crippen LogP contribution < -0.4 is 0 Å². The van der Waals surface area contributed by atoms with E-state index in [-0.39, 0.29) is 11.1 Å². The van der Waals surface area contributed by atoms with Crippen molar-refractivity contribution >= 4 is 34.7 Å². The molecular weight excluding hydrogens is 227 g/mol. The molecule has 0 aliphatic heterocycles. The van der Waals surface area contributed by atoms with Gasteiger partial charge in [0.1, 0.15) is 5.83 Å². The lowest BCUT2D eigenvalue weighted by molar-refractivity contribution is -0.135. The minimum Gasteiger partial charge on any atom is -0.465 e. The smallest absolute Gasteiger partial charge is 0.340 e. The molecule has 0 aromatic rings. The molecule has 0 N–H and O–H groups in total. The summed E-state index contributed by atoms with van der Waals surface area (Å²) in [5.41, 5.74) is 0.0893. The van der Waals surface area contributed by atoms with E-state index in [9.17, 15) is 9.18 Å². The number of rotatable bonds is 1. The molecule has 0 amide bonds. The van der Waals surface area contributed by atoms with Crippen LogP contribution in [0.25, 0.3) is 0 Å². The van der Waals surface area contributed by atoms with Crippen LogP contribution in [0.5, 0.6) is 0 Å². The molecule has 0 saturated heterocycles. The van der Waals surface area contributed by atoms with E-state index in [1.807, 2.05) is 0 Å². The van der Waals surface area contributed by atoms with E-state index in [1.165, 1.54) is 20.1 Å². The van der Waals surface area contributed by atoms with Crippen molar-refractivity contribution in [1.82, 2.24) is 0 Å². The second-order valence-corrected chi connectivity index (χ2v) is 3.72. The average Bonchev–Trinajstić information content (AvgIpc) is 2.19. The first-order valence-corrected chi connectivity index (χ1v) is 4.68. The Labute approximate surface area is 91.4 Å². The van der Waals surface area contributed by atoms with Crippen LogP contribution in [-0.4, -0.2) is 23.3 Å². The zero-order valence-electron chi connectivity index (χ0n) is 7.64. The Morgan fingerprint density at radius 1 is 1.71 bits per heavy atom.